The SMILES string of the molecule is COC(=O)CC(=O)Nc1cccc(NC(=O)c2ccccc2Br)c1. The van der Waals surface area contributed by atoms with Gasteiger partial charge in [0.05, 0.1) is 12.7 Å². The molecule has 0 bridgehead atoms. The van der Waals surface area contributed by atoms with Crippen LogP contribution in [0.25, 0.3) is 0 Å². The molecule has 2 aromatic rings. The van der Waals surface area contributed by atoms with Crippen LogP contribution < -0.4 is 10.6 Å². The molecule has 2 rings (SSSR count). The van der Waals surface area contributed by atoms with Crippen LogP contribution in [0.15, 0.2) is 53.0 Å². The summed E-state index contributed by atoms with van der Waals surface area (Å²) in [4.78, 5) is 35.0. The highest BCUT2D eigenvalue weighted by Gasteiger charge is 2.12. The van der Waals surface area contributed by atoms with E-state index in [9.17, 15) is 14.4 Å². The van der Waals surface area contributed by atoms with Gasteiger partial charge in [-0.05, 0) is 46.3 Å². The van der Waals surface area contributed by atoms with Crippen LogP contribution in [0.4, 0.5) is 11.4 Å². The number of anilines is 2. The van der Waals surface area contributed by atoms with E-state index in [0.29, 0.717) is 21.4 Å². The molecule has 7 heteroatoms. The first kappa shape index (κ1) is 17.7. The lowest BCUT2D eigenvalue weighted by Crippen LogP contribution is -2.17. The first-order chi connectivity index (χ1) is 11.5. The van der Waals surface area contributed by atoms with Gasteiger partial charge in [0.25, 0.3) is 5.91 Å². The maximum atomic E-state index is 12.3. The molecule has 0 radical (unpaired) electrons. The Bertz CT molecular complexity index is 777. The number of methoxy groups -OCH3 is 1. The fraction of sp³-hybridized carbons (Fsp3) is 0.118. The van der Waals surface area contributed by atoms with Gasteiger partial charge in [-0.2, -0.15) is 0 Å². The number of halogens is 1. The highest BCUT2D eigenvalue weighted by atomic mass is 79.9. The number of carbonyl (C=O) groups excluding carboxylic acids is 3. The molecule has 0 fully saturated rings. The van der Waals surface area contributed by atoms with Crippen LogP contribution in [0.5, 0.6) is 0 Å². The van der Waals surface area contributed by atoms with Gasteiger partial charge in [-0.1, -0.05) is 18.2 Å². The van der Waals surface area contributed by atoms with Crippen molar-refractivity contribution in [3.63, 3.8) is 0 Å². The van der Waals surface area contributed by atoms with Gasteiger partial charge in [0.15, 0.2) is 0 Å². The van der Waals surface area contributed by atoms with Gasteiger partial charge in [-0.15, -0.1) is 0 Å². The maximum absolute atomic E-state index is 12.3. The highest BCUT2D eigenvalue weighted by Crippen LogP contribution is 2.20. The average molecular weight is 391 g/mol. The first-order valence-corrected chi connectivity index (χ1v) is 7.81. The number of benzene rings is 2. The minimum absolute atomic E-state index is 0.277. The molecule has 0 atom stereocenters. The molecule has 0 saturated heterocycles. The van der Waals surface area contributed by atoms with Gasteiger partial charge in [0, 0.05) is 15.8 Å². The maximum Gasteiger partial charge on any atom is 0.315 e. The lowest BCUT2D eigenvalue weighted by molar-refractivity contribution is -0.142. The number of ether oxygens (including phenoxy) is 1. The summed E-state index contributed by atoms with van der Waals surface area (Å²) in [6.45, 7) is 0. The molecule has 0 heterocycles. The second kappa shape index (κ2) is 8.26. The second-order valence-electron chi connectivity index (χ2n) is 4.82. The van der Waals surface area contributed by atoms with Crippen molar-refractivity contribution in [1.29, 1.82) is 0 Å². The van der Waals surface area contributed by atoms with Crippen LogP contribution in [-0.2, 0) is 14.3 Å². The summed E-state index contributed by atoms with van der Waals surface area (Å²) in [5.74, 6) is -1.39. The molecule has 0 spiro atoms. The molecule has 124 valence electrons. The topological polar surface area (TPSA) is 84.5 Å². The molecule has 2 aromatic carbocycles. The van der Waals surface area contributed by atoms with Crippen LogP contribution in [0.2, 0.25) is 0 Å². The predicted octanol–water partition coefficient (Wildman–Crippen LogP) is 3.20. The number of amides is 2. The van der Waals surface area contributed by atoms with E-state index in [1.165, 1.54) is 7.11 Å². The van der Waals surface area contributed by atoms with Crippen LogP contribution in [0, 0.1) is 0 Å². The van der Waals surface area contributed by atoms with E-state index in [0.717, 1.165) is 0 Å². The van der Waals surface area contributed by atoms with E-state index in [4.69, 9.17) is 0 Å². The summed E-state index contributed by atoms with van der Waals surface area (Å²) < 4.78 is 5.12. The van der Waals surface area contributed by atoms with Crippen LogP contribution in [-0.4, -0.2) is 24.9 Å². The van der Waals surface area contributed by atoms with Crippen molar-refractivity contribution in [3.05, 3.63) is 58.6 Å². The number of nitrogens with one attached hydrogen (secondary N) is 2. The quantitative estimate of drug-likeness (QED) is 0.606. The van der Waals surface area contributed by atoms with E-state index in [1.54, 1.807) is 42.5 Å². The van der Waals surface area contributed by atoms with Gasteiger partial charge in [-0.3, -0.25) is 14.4 Å². The Balaban J connectivity index is 2.05. The summed E-state index contributed by atoms with van der Waals surface area (Å²) in [6.07, 6.45) is -0.371. The largest absolute Gasteiger partial charge is 0.469 e. The molecular weight excluding hydrogens is 376 g/mol. The van der Waals surface area contributed by atoms with Crippen molar-refractivity contribution in [1.82, 2.24) is 0 Å². The normalized spacial score (nSPS) is 9.92. The highest BCUT2D eigenvalue weighted by molar-refractivity contribution is 9.10. The Morgan fingerprint density at radius 2 is 1.67 bits per heavy atom. The molecule has 0 aliphatic carbocycles. The second-order valence-corrected chi connectivity index (χ2v) is 5.67. The summed E-state index contributed by atoms with van der Waals surface area (Å²) in [6, 6.07) is 13.7. The summed E-state index contributed by atoms with van der Waals surface area (Å²) in [5, 5.41) is 5.32. The Morgan fingerprint density at radius 1 is 1.00 bits per heavy atom. The van der Waals surface area contributed by atoms with Crippen molar-refractivity contribution in [3.8, 4) is 0 Å². The monoisotopic (exact) mass is 390 g/mol. The third-order valence-electron chi connectivity index (χ3n) is 3.06. The van der Waals surface area contributed by atoms with Crippen molar-refractivity contribution in [2.75, 3.05) is 17.7 Å². The molecule has 6 nitrogen and oxygen atoms in total. The van der Waals surface area contributed by atoms with Crippen LogP contribution in [0.1, 0.15) is 16.8 Å². The predicted molar refractivity (Wildman–Crippen MR) is 93.8 cm³/mol. The van der Waals surface area contributed by atoms with Crippen LogP contribution >= 0.6 is 15.9 Å². The van der Waals surface area contributed by atoms with E-state index >= 15 is 0 Å². The number of rotatable bonds is 5. The third-order valence-corrected chi connectivity index (χ3v) is 3.75. The Labute approximate surface area is 147 Å². The average Bonchev–Trinajstić information content (AvgIpc) is 2.55. The van der Waals surface area contributed by atoms with Crippen molar-refractivity contribution in [2.24, 2.45) is 0 Å². The number of hydrogen-bond acceptors (Lipinski definition) is 4. The zero-order valence-corrected chi connectivity index (χ0v) is 14.4. The first-order valence-electron chi connectivity index (χ1n) is 7.02. The molecule has 0 aliphatic rings. The zero-order chi connectivity index (χ0) is 17.5. The Kier molecular flexibility index (Phi) is 6.08. The summed E-state index contributed by atoms with van der Waals surface area (Å²) in [7, 11) is 1.22. The van der Waals surface area contributed by atoms with E-state index in [2.05, 4.69) is 31.3 Å². The van der Waals surface area contributed by atoms with Gasteiger partial charge in [0.1, 0.15) is 6.42 Å². The van der Waals surface area contributed by atoms with Gasteiger partial charge >= 0.3 is 5.97 Å². The van der Waals surface area contributed by atoms with Crippen molar-refractivity contribution < 1.29 is 19.1 Å². The van der Waals surface area contributed by atoms with E-state index in [1.807, 2.05) is 6.07 Å². The Morgan fingerprint density at radius 3 is 2.33 bits per heavy atom. The van der Waals surface area contributed by atoms with Gasteiger partial charge < -0.3 is 15.4 Å². The minimum atomic E-state index is -0.620. The molecule has 0 saturated carbocycles. The molecule has 24 heavy (non-hydrogen) atoms. The van der Waals surface area contributed by atoms with Crippen molar-refractivity contribution >= 4 is 45.1 Å². The molecule has 2 amide bonds. The smallest absolute Gasteiger partial charge is 0.315 e. The number of hydrogen-bond donors (Lipinski definition) is 2. The van der Waals surface area contributed by atoms with E-state index in [-0.39, 0.29) is 12.3 Å². The number of carbonyl (C=O) groups is 3. The van der Waals surface area contributed by atoms with Crippen LogP contribution in [0.3, 0.4) is 0 Å². The lowest BCUT2D eigenvalue weighted by atomic mass is 10.2. The fourth-order valence-corrected chi connectivity index (χ4v) is 2.39. The minimum Gasteiger partial charge on any atom is -0.469 e. The molecule has 0 aromatic heterocycles. The third kappa shape index (κ3) is 4.92. The Hall–Kier alpha value is -2.67. The van der Waals surface area contributed by atoms with E-state index < -0.39 is 11.9 Å². The molecule has 2 N–H and O–H groups in total. The molecule has 0 aliphatic heterocycles. The summed E-state index contributed by atoms with van der Waals surface area (Å²) >= 11 is 3.33. The van der Waals surface area contributed by atoms with Crippen molar-refractivity contribution in [2.45, 2.75) is 6.42 Å². The summed E-state index contributed by atoms with van der Waals surface area (Å²) in [5.41, 5.74) is 1.48. The standard InChI is InChI=1S/C17H15BrN2O4/c1-24-16(22)10-15(21)19-11-5-4-6-12(9-11)20-17(23)13-7-2-3-8-14(13)18/h2-9H,10H2,1H3,(H,19,21)(H,20,23). The fourth-order valence-electron chi connectivity index (χ4n) is 1.93. The van der Waals surface area contributed by atoms with Gasteiger partial charge in [0.2, 0.25) is 5.91 Å². The molecular formula is C17H15BrN2O4. The van der Waals surface area contributed by atoms with Gasteiger partial charge in [-0.25, -0.2) is 0 Å². The number of esters is 1. The zero-order valence-electron chi connectivity index (χ0n) is 12.8. The lowest BCUT2D eigenvalue weighted by Gasteiger charge is -2.09. The molecule has 0 unspecified atom stereocenters.